The first kappa shape index (κ1) is 17.8. The fraction of sp³-hybridized carbons (Fsp3) is 0.222. The average Bonchev–Trinajstić information content (AvgIpc) is 2.58. The van der Waals surface area contributed by atoms with Crippen molar-refractivity contribution in [2.45, 2.75) is 13.8 Å². The highest BCUT2D eigenvalue weighted by Crippen LogP contribution is 2.25. The van der Waals surface area contributed by atoms with Gasteiger partial charge in [-0.1, -0.05) is 23.7 Å². The molecule has 0 saturated heterocycles. The van der Waals surface area contributed by atoms with E-state index in [1.54, 1.807) is 19.2 Å². The molecule has 24 heavy (non-hydrogen) atoms. The van der Waals surface area contributed by atoms with E-state index in [9.17, 15) is 4.79 Å². The fourth-order valence-electron chi connectivity index (χ4n) is 2.12. The highest BCUT2D eigenvalue weighted by molar-refractivity contribution is 6.32. The van der Waals surface area contributed by atoms with Gasteiger partial charge in [-0.2, -0.15) is 5.10 Å². The third-order valence-corrected chi connectivity index (χ3v) is 3.91. The van der Waals surface area contributed by atoms with Crippen LogP contribution >= 0.6 is 11.6 Å². The summed E-state index contributed by atoms with van der Waals surface area (Å²) >= 11 is 6.10. The molecule has 2 rings (SSSR count). The molecule has 0 aromatic heterocycles. The van der Waals surface area contributed by atoms with Crippen molar-refractivity contribution in [1.82, 2.24) is 5.43 Å². The third kappa shape index (κ3) is 4.73. The lowest BCUT2D eigenvalue weighted by atomic mass is 10.1. The number of carbonyl (C=O) groups excluding carboxylic acids is 1. The number of methoxy groups -OCH3 is 1. The second-order valence-corrected chi connectivity index (χ2v) is 5.57. The number of nitrogens with zero attached hydrogens (tertiary/aromatic N) is 1. The Morgan fingerprint density at radius 3 is 2.58 bits per heavy atom. The van der Waals surface area contributed by atoms with Gasteiger partial charge in [-0.05, 0) is 49.2 Å². The van der Waals surface area contributed by atoms with Crippen LogP contribution in [0.2, 0.25) is 5.02 Å². The first-order chi connectivity index (χ1) is 11.5. The first-order valence-electron chi connectivity index (χ1n) is 7.35. The molecule has 6 heteroatoms. The molecular formula is C18H19ClN2O3. The molecule has 126 valence electrons. The number of ether oxygens (including phenoxy) is 2. The van der Waals surface area contributed by atoms with Crippen molar-refractivity contribution in [2.75, 3.05) is 13.7 Å². The van der Waals surface area contributed by atoms with E-state index in [4.69, 9.17) is 21.1 Å². The molecule has 1 amide bonds. The summed E-state index contributed by atoms with van der Waals surface area (Å²) in [6, 6.07) is 11.0. The second kappa shape index (κ2) is 8.36. The van der Waals surface area contributed by atoms with Gasteiger partial charge in [-0.25, -0.2) is 5.43 Å². The van der Waals surface area contributed by atoms with Crippen LogP contribution in [0.4, 0.5) is 0 Å². The molecule has 2 aromatic rings. The zero-order valence-electron chi connectivity index (χ0n) is 13.8. The maximum atomic E-state index is 11.8. The van der Waals surface area contributed by atoms with Crippen molar-refractivity contribution in [3.05, 3.63) is 58.1 Å². The van der Waals surface area contributed by atoms with Gasteiger partial charge in [0.15, 0.2) is 6.61 Å². The molecular weight excluding hydrogens is 328 g/mol. The van der Waals surface area contributed by atoms with Crippen LogP contribution in [-0.2, 0) is 4.79 Å². The van der Waals surface area contributed by atoms with E-state index >= 15 is 0 Å². The largest absolute Gasteiger partial charge is 0.496 e. The summed E-state index contributed by atoms with van der Waals surface area (Å²) < 4.78 is 10.7. The zero-order valence-corrected chi connectivity index (χ0v) is 14.6. The fourth-order valence-corrected chi connectivity index (χ4v) is 2.23. The molecule has 1 N–H and O–H groups in total. The zero-order chi connectivity index (χ0) is 17.5. The van der Waals surface area contributed by atoms with Gasteiger partial charge >= 0.3 is 0 Å². The van der Waals surface area contributed by atoms with Crippen LogP contribution in [0.1, 0.15) is 16.7 Å². The van der Waals surface area contributed by atoms with E-state index < -0.39 is 0 Å². The molecule has 0 unspecified atom stereocenters. The molecule has 0 saturated carbocycles. The number of hydrogen-bond donors (Lipinski definition) is 1. The van der Waals surface area contributed by atoms with E-state index in [0.717, 1.165) is 16.7 Å². The van der Waals surface area contributed by atoms with E-state index in [0.29, 0.717) is 16.5 Å². The number of halogens is 1. The van der Waals surface area contributed by atoms with Gasteiger partial charge in [0.25, 0.3) is 5.91 Å². The number of benzene rings is 2. The van der Waals surface area contributed by atoms with Gasteiger partial charge < -0.3 is 9.47 Å². The third-order valence-electron chi connectivity index (χ3n) is 3.31. The van der Waals surface area contributed by atoms with Crippen molar-refractivity contribution >= 4 is 23.7 Å². The Bertz CT molecular complexity index is 737. The number of rotatable bonds is 6. The summed E-state index contributed by atoms with van der Waals surface area (Å²) in [5, 5.41) is 4.61. The molecule has 0 atom stereocenters. The Labute approximate surface area is 146 Å². The molecule has 0 aliphatic carbocycles. The Balaban J connectivity index is 1.89. The smallest absolute Gasteiger partial charge is 0.277 e. The van der Waals surface area contributed by atoms with Crippen LogP contribution in [0.3, 0.4) is 0 Å². The monoisotopic (exact) mass is 346 g/mol. The first-order valence-corrected chi connectivity index (χ1v) is 7.73. The van der Waals surface area contributed by atoms with Crippen LogP contribution in [-0.4, -0.2) is 25.8 Å². The molecule has 0 spiro atoms. The molecule has 0 bridgehead atoms. The average molecular weight is 347 g/mol. The van der Waals surface area contributed by atoms with Crippen LogP contribution in [0, 0.1) is 13.8 Å². The lowest BCUT2D eigenvalue weighted by Crippen LogP contribution is -2.24. The van der Waals surface area contributed by atoms with Crippen molar-refractivity contribution in [2.24, 2.45) is 5.10 Å². The highest BCUT2D eigenvalue weighted by Gasteiger charge is 2.06. The molecule has 0 heterocycles. The van der Waals surface area contributed by atoms with Crippen LogP contribution in [0.25, 0.3) is 0 Å². The Kier molecular flexibility index (Phi) is 6.21. The van der Waals surface area contributed by atoms with Crippen LogP contribution in [0.15, 0.2) is 41.5 Å². The van der Waals surface area contributed by atoms with Gasteiger partial charge in [0.1, 0.15) is 11.5 Å². The predicted molar refractivity (Wildman–Crippen MR) is 95.2 cm³/mol. The number of para-hydroxylation sites is 1. The number of aryl methyl sites for hydroxylation is 2. The topological polar surface area (TPSA) is 59.9 Å². The summed E-state index contributed by atoms with van der Waals surface area (Å²) in [6.45, 7) is 3.64. The minimum Gasteiger partial charge on any atom is -0.496 e. The predicted octanol–water partition coefficient (Wildman–Crippen LogP) is 3.49. The van der Waals surface area contributed by atoms with Crippen LogP contribution < -0.4 is 14.9 Å². The normalized spacial score (nSPS) is 10.7. The maximum Gasteiger partial charge on any atom is 0.277 e. The minimum absolute atomic E-state index is 0.135. The Morgan fingerprint density at radius 2 is 1.92 bits per heavy atom. The number of nitrogens with one attached hydrogen (secondary N) is 1. The van der Waals surface area contributed by atoms with Gasteiger partial charge in [-0.3, -0.25) is 4.79 Å². The number of amides is 1. The maximum absolute atomic E-state index is 11.8. The molecule has 2 aromatic carbocycles. The molecule has 0 aliphatic heterocycles. The van der Waals surface area contributed by atoms with E-state index in [1.807, 2.05) is 38.1 Å². The number of hydrazone groups is 1. The summed E-state index contributed by atoms with van der Waals surface area (Å²) in [5.74, 6) is 0.920. The van der Waals surface area contributed by atoms with Crippen molar-refractivity contribution < 1.29 is 14.3 Å². The van der Waals surface area contributed by atoms with Gasteiger partial charge in [-0.15, -0.1) is 0 Å². The van der Waals surface area contributed by atoms with Gasteiger partial charge in [0.05, 0.1) is 13.3 Å². The molecule has 5 nitrogen and oxygen atoms in total. The Morgan fingerprint density at radius 1 is 1.25 bits per heavy atom. The molecule has 0 aliphatic rings. The minimum atomic E-state index is -0.355. The van der Waals surface area contributed by atoms with E-state index in [1.165, 1.54) is 6.21 Å². The summed E-state index contributed by atoms with van der Waals surface area (Å²) in [5.41, 5.74) is 4.99. The summed E-state index contributed by atoms with van der Waals surface area (Å²) in [7, 11) is 1.58. The van der Waals surface area contributed by atoms with Gasteiger partial charge in [0, 0.05) is 10.6 Å². The molecule has 0 radical (unpaired) electrons. The van der Waals surface area contributed by atoms with Crippen molar-refractivity contribution in [3.8, 4) is 11.5 Å². The van der Waals surface area contributed by atoms with Crippen molar-refractivity contribution in [1.29, 1.82) is 0 Å². The second-order valence-electron chi connectivity index (χ2n) is 5.19. The van der Waals surface area contributed by atoms with E-state index in [2.05, 4.69) is 10.5 Å². The lowest BCUT2D eigenvalue weighted by Gasteiger charge is -2.09. The van der Waals surface area contributed by atoms with Crippen molar-refractivity contribution in [3.63, 3.8) is 0 Å². The Hall–Kier alpha value is -2.53. The SMILES string of the molecule is COc1ccccc1/C=N\NC(=O)COc1cc(C)c(Cl)c(C)c1. The quantitative estimate of drug-likeness (QED) is 0.643. The summed E-state index contributed by atoms with van der Waals surface area (Å²) in [6.07, 6.45) is 1.52. The van der Waals surface area contributed by atoms with Gasteiger partial charge in [0.2, 0.25) is 0 Å². The number of hydrogen-bond acceptors (Lipinski definition) is 4. The van der Waals surface area contributed by atoms with E-state index in [-0.39, 0.29) is 12.5 Å². The number of carbonyl (C=O) groups is 1. The van der Waals surface area contributed by atoms with Crippen LogP contribution in [0.5, 0.6) is 11.5 Å². The lowest BCUT2D eigenvalue weighted by molar-refractivity contribution is -0.123. The standard InChI is InChI=1S/C18H19ClN2O3/c1-12-8-15(9-13(2)18(12)19)24-11-17(22)21-20-10-14-6-4-5-7-16(14)23-3/h4-10H,11H2,1-3H3,(H,21,22)/b20-10-. The molecule has 0 fully saturated rings. The highest BCUT2D eigenvalue weighted by atomic mass is 35.5. The summed E-state index contributed by atoms with van der Waals surface area (Å²) in [4.78, 5) is 11.8.